The zero-order valence-corrected chi connectivity index (χ0v) is 14.0. The Morgan fingerprint density at radius 1 is 1.52 bits per heavy atom. The van der Waals surface area contributed by atoms with Gasteiger partial charge in [0, 0.05) is 22.6 Å². The highest BCUT2D eigenvalue weighted by Crippen LogP contribution is 2.16. The van der Waals surface area contributed by atoms with Gasteiger partial charge in [-0.15, -0.1) is 11.3 Å². The summed E-state index contributed by atoms with van der Waals surface area (Å²) in [7, 11) is 0. The molecule has 0 radical (unpaired) electrons. The maximum Gasteiger partial charge on any atom is 0.251 e. The first-order chi connectivity index (χ1) is 11.2. The number of halogens is 1. The summed E-state index contributed by atoms with van der Waals surface area (Å²) in [6.07, 6.45) is 0.530. The molecule has 7 heteroatoms. The van der Waals surface area contributed by atoms with Gasteiger partial charge in [0.1, 0.15) is 6.10 Å². The molecule has 2 heterocycles. The number of ether oxygens (including phenoxy) is 2. The van der Waals surface area contributed by atoms with Crippen LogP contribution in [0, 0.1) is 0 Å². The topological polar surface area (TPSA) is 60.5 Å². The lowest BCUT2D eigenvalue weighted by atomic mass is 10.1. The fraction of sp³-hybridized carbons (Fsp3) is 0.375. The Morgan fingerprint density at radius 2 is 2.43 bits per heavy atom. The van der Waals surface area contributed by atoms with Crippen LogP contribution in [0.1, 0.15) is 22.5 Å². The van der Waals surface area contributed by atoms with E-state index in [1.165, 1.54) is 11.3 Å². The summed E-state index contributed by atoms with van der Waals surface area (Å²) in [5.74, 6) is -0.151. The molecule has 0 bridgehead atoms. The van der Waals surface area contributed by atoms with E-state index in [1.807, 2.05) is 5.38 Å². The van der Waals surface area contributed by atoms with E-state index in [0.29, 0.717) is 36.8 Å². The monoisotopic (exact) mass is 352 g/mol. The molecule has 2 atom stereocenters. The molecule has 1 saturated heterocycles. The third kappa shape index (κ3) is 4.51. The van der Waals surface area contributed by atoms with Crippen LogP contribution in [0.25, 0.3) is 0 Å². The van der Waals surface area contributed by atoms with Crippen LogP contribution in [-0.4, -0.2) is 36.3 Å². The average Bonchev–Trinajstić information content (AvgIpc) is 3.07. The van der Waals surface area contributed by atoms with Gasteiger partial charge in [-0.25, -0.2) is 4.98 Å². The Morgan fingerprint density at radius 3 is 3.22 bits per heavy atom. The lowest BCUT2D eigenvalue weighted by Crippen LogP contribution is -2.49. The third-order valence-electron chi connectivity index (χ3n) is 3.64. The first kappa shape index (κ1) is 16.4. The smallest absolute Gasteiger partial charge is 0.251 e. The number of hydrogen-bond donors (Lipinski definition) is 1. The van der Waals surface area contributed by atoms with E-state index in [0.717, 1.165) is 5.69 Å². The van der Waals surface area contributed by atoms with Gasteiger partial charge in [-0.1, -0.05) is 17.7 Å². The minimum absolute atomic E-state index is 0.0890. The van der Waals surface area contributed by atoms with E-state index in [4.69, 9.17) is 21.1 Å². The normalized spacial score (nSPS) is 21.1. The van der Waals surface area contributed by atoms with Crippen LogP contribution in [0.2, 0.25) is 5.02 Å². The maximum absolute atomic E-state index is 12.4. The Bertz CT molecular complexity index is 651. The molecule has 3 rings (SSSR count). The zero-order chi connectivity index (χ0) is 16.1. The molecule has 23 heavy (non-hydrogen) atoms. The Labute approximate surface area is 143 Å². The van der Waals surface area contributed by atoms with Gasteiger partial charge in [-0.2, -0.15) is 0 Å². The average molecular weight is 353 g/mol. The molecule has 1 aliphatic rings. The first-order valence-electron chi connectivity index (χ1n) is 7.35. The van der Waals surface area contributed by atoms with Crippen molar-refractivity contribution in [1.82, 2.24) is 10.3 Å². The van der Waals surface area contributed by atoms with E-state index in [-0.39, 0.29) is 18.1 Å². The molecular formula is C16H17ClN2O3S. The molecule has 0 spiro atoms. The van der Waals surface area contributed by atoms with Gasteiger partial charge in [0.15, 0.2) is 0 Å². The summed E-state index contributed by atoms with van der Waals surface area (Å²) in [4.78, 5) is 16.6. The Hall–Kier alpha value is -1.47. The standard InChI is InChI=1S/C16H17ClN2O3S/c17-12-3-1-2-11(6-12)16(20)19-14-4-5-21-8-15(14)22-7-13-9-23-10-18-13/h1-3,6,9-10,14-15H,4-5,7-8H2,(H,19,20). The predicted octanol–water partition coefficient (Wildman–Crippen LogP) is 2.90. The quantitative estimate of drug-likeness (QED) is 0.898. The second-order valence-corrected chi connectivity index (χ2v) is 6.44. The Balaban J connectivity index is 1.60. The molecule has 2 unspecified atom stereocenters. The number of nitrogens with one attached hydrogen (secondary N) is 1. The van der Waals surface area contributed by atoms with E-state index < -0.39 is 0 Å². The number of hydrogen-bond acceptors (Lipinski definition) is 5. The zero-order valence-electron chi connectivity index (χ0n) is 12.4. The predicted molar refractivity (Wildman–Crippen MR) is 88.8 cm³/mol. The van der Waals surface area contributed by atoms with Crippen LogP contribution >= 0.6 is 22.9 Å². The van der Waals surface area contributed by atoms with E-state index in [1.54, 1.807) is 29.8 Å². The lowest BCUT2D eigenvalue weighted by molar-refractivity contribution is -0.0742. The minimum Gasteiger partial charge on any atom is -0.379 e. The van der Waals surface area contributed by atoms with Crippen LogP contribution < -0.4 is 5.32 Å². The van der Waals surface area contributed by atoms with Gasteiger partial charge < -0.3 is 14.8 Å². The molecule has 1 aromatic heterocycles. The van der Waals surface area contributed by atoms with Crippen LogP contribution in [0.5, 0.6) is 0 Å². The molecule has 2 aromatic rings. The van der Waals surface area contributed by atoms with Crippen LogP contribution in [0.3, 0.4) is 0 Å². The lowest BCUT2D eigenvalue weighted by Gasteiger charge is -2.32. The van der Waals surface area contributed by atoms with Gasteiger partial charge in [0.05, 0.1) is 30.5 Å². The van der Waals surface area contributed by atoms with Gasteiger partial charge >= 0.3 is 0 Å². The number of benzene rings is 1. The molecule has 1 N–H and O–H groups in total. The number of rotatable bonds is 5. The molecule has 1 aliphatic heterocycles. The SMILES string of the molecule is O=C(NC1CCOCC1OCc1cscn1)c1cccc(Cl)c1. The van der Waals surface area contributed by atoms with Gasteiger partial charge in [-0.05, 0) is 24.6 Å². The van der Waals surface area contributed by atoms with E-state index >= 15 is 0 Å². The van der Waals surface area contributed by atoms with Crippen LogP contribution in [-0.2, 0) is 16.1 Å². The highest BCUT2D eigenvalue weighted by atomic mass is 35.5. The molecule has 1 fully saturated rings. The number of carbonyl (C=O) groups excluding carboxylic acids is 1. The molecule has 5 nitrogen and oxygen atoms in total. The van der Waals surface area contributed by atoms with Crippen molar-refractivity contribution in [3.63, 3.8) is 0 Å². The van der Waals surface area contributed by atoms with E-state index in [2.05, 4.69) is 10.3 Å². The number of thiazole rings is 1. The summed E-state index contributed by atoms with van der Waals surface area (Å²) in [5, 5.41) is 5.51. The highest BCUT2D eigenvalue weighted by molar-refractivity contribution is 7.07. The largest absolute Gasteiger partial charge is 0.379 e. The van der Waals surface area contributed by atoms with Crippen LogP contribution in [0.15, 0.2) is 35.2 Å². The number of carbonyl (C=O) groups is 1. The Kier molecular flexibility index (Phi) is 5.61. The number of amides is 1. The summed E-state index contributed by atoms with van der Waals surface area (Å²) >= 11 is 7.47. The van der Waals surface area contributed by atoms with Crippen molar-refractivity contribution in [2.75, 3.05) is 13.2 Å². The van der Waals surface area contributed by atoms with Crippen molar-refractivity contribution in [2.45, 2.75) is 25.2 Å². The van der Waals surface area contributed by atoms with Crippen molar-refractivity contribution in [3.05, 3.63) is 51.4 Å². The van der Waals surface area contributed by atoms with Crippen molar-refractivity contribution < 1.29 is 14.3 Å². The summed E-state index contributed by atoms with van der Waals surface area (Å²) in [6.45, 7) is 1.49. The maximum atomic E-state index is 12.4. The van der Waals surface area contributed by atoms with Crippen molar-refractivity contribution >= 4 is 28.8 Å². The summed E-state index contributed by atoms with van der Waals surface area (Å²) in [5.41, 5.74) is 3.21. The minimum atomic E-state index is -0.186. The summed E-state index contributed by atoms with van der Waals surface area (Å²) < 4.78 is 11.4. The van der Waals surface area contributed by atoms with E-state index in [9.17, 15) is 4.79 Å². The highest BCUT2D eigenvalue weighted by Gasteiger charge is 2.28. The van der Waals surface area contributed by atoms with Gasteiger partial charge in [-0.3, -0.25) is 4.79 Å². The summed E-state index contributed by atoms with van der Waals surface area (Å²) in [6, 6.07) is 6.81. The number of aromatic nitrogens is 1. The third-order valence-corrected chi connectivity index (χ3v) is 4.51. The molecule has 122 valence electrons. The molecular weight excluding hydrogens is 336 g/mol. The fourth-order valence-electron chi connectivity index (χ4n) is 2.42. The second kappa shape index (κ2) is 7.88. The molecule has 0 saturated carbocycles. The van der Waals surface area contributed by atoms with Crippen LogP contribution in [0.4, 0.5) is 0 Å². The van der Waals surface area contributed by atoms with Crippen molar-refractivity contribution in [3.8, 4) is 0 Å². The molecule has 0 aliphatic carbocycles. The fourth-order valence-corrected chi connectivity index (χ4v) is 3.16. The number of nitrogens with zero attached hydrogens (tertiary/aromatic N) is 1. The second-order valence-electron chi connectivity index (χ2n) is 5.28. The van der Waals surface area contributed by atoms with Crippen molar-refractivity contribution in [2.24, 2.45) is 0 Å². The van der Waals surface area contributed by atoms with Gasteiger partial charge in [0.25, 0.3) is 5.91 Å². The van der Waals surface area contributed by atoms with Gasteiger partial charge in [0.2, 0.25) is 0 Å². The first-order valence-corrected chi connectivity index (χ1v) is 8.67. The molecule has 1 amide bonds. The van der Waals surface area contributed by atoms with Crippen molar-refractivity contribution in [1.29, 1.82) is 0 Å². The molecule has 1 aromatic carbocycles.